The van der Waals surface area contributed by atoms with Crippen molar-refractivity contribution in [2.45, 2.75) is 51.5 Å². The summed E-state index contributed by atoms with van der Waals surface area (Å²) in [4.78, 5) is 9.31. The molecule has 0 spiro atoms. The lowest BCUT2D eigenvalue weighted by molar-refractivity contribution is 0.178. The van der Waals surface area contributed by atoms with Crippen molar-refractivity contribution in [3.8, 4) is 6.07 Å². The van der Waals surface area contributed by atoms with E-state index in [-0.39, 0.29) is 10.8 Å². The van der Waals surface area contributed by atoms with E-state index in [4.69, 9.17) is 0 Å². The Bertz CT molecular complexity index is 1580. The second-order valence-corrected chi connectivity index (χ2v) is 12.0. The number of piperidine rings is 1. The summed E-state index contributed by atoms with van der Waals surface area (Å²) >= 11 is 0. The van der Waals surface area contributed by atoms with Crippen molar-refractivity contribution >= 4 is 32.1 Å². The fourth-order valence-corrected chi connectivity index (χ4v) is 6.38. The molecule has 10 heteroatoms. The highest BCUT2D eigenvalue weighted by atomic mass is 32.2. The van der Waals surface area contributed by atoms with E-state index in [1.807, 2.05) is 25.4 Å². The highest BCUT2D eigenvalue weighted by Gasteiger charge is 2.34. The number of pyridine rings is 1. The van der Waals surface area contributed by atoms with E-state index in [2.05, 4.69) is 21.0 Å². The van der Waals surface area contributed by atoms with Crippen LogP contribution in [0, 0.1) is 29.6 Å². The van der Waals surface area contributed by atoms with Crippen molar-refractivity contribution in [3.05, 3.63) is 54.1 Å². The Kier molecular flexibility index (Phi) is 5.80. The summed E-state index contributed by atoms with van der Waals surface area (Å²) in [6.07, 6.45) is 3.91. The molecule has 0 amide bonds. The van der Waals surface area contributed by atoms with Gasteiger partial charge in [0.1, 0.15) is 17.1 Å². The quantitative estimate of drug-likeness (QED) is 0.436. The number of nitriles is 1. The monoisotopic (exact) mass is 506 g/mol. The van der Waals surface area contributed by atoms with Gasteiger partial charge in [-0.2, -0.15) is 5.26 Å². The minimum atomic E-state index is -3.85. The molecular weight excluding hydrogens is 476 g/mol. The summed E-state index contributed by atoms with van der Waals surface area (Å²) in [5.41, 5.74) is 2.18. The van der Waals surface area contributed by atoms with E-state index >= 15 is 0 Å². The van der Waals surface area contributed by atoms with Crippen molar-refractivity contribution in [3.63, 3.8) is 0 Å². The van der Waals surface area contributed by atoms with Gasteiger partial charge in [-0.05, 0) is 64.7 Å². The Labute approximate surface area is 210 Å². The smallest absolute Gasteiger partial charge is 0.269 e. The third kappa shape index (κ3) is 3.83. The Morgan fingerprint density at radius 2 is 1.83 bits per heavy atom. The van der Waals surface area contributed by atoms with Crippen molar-refractivity contribution < 1.29 is 13.5 Å². The van der Waals surface area contributed by atoms with Gasteiger partial charge in [0.15, 0.2) is 11.5 Å². The first kappa shape index (κ1) is 24.3. The number of nitrogens with zero attached hydrogens (tertiary/aromatic N) is 6. The van der Waals surface area contributed by atoms with Crippen LogP contribution in [0.4, 0.5) is 0 Å². The van der Waals surface area contributed by atoms with E-state index in [1.54, 1.807) is 43.5 Å². The van der Waals surface area contributed by atoms with Gasteiger partial charge in [0, 0.05) is 24.7 Å². The SMILES string of the molecule is Cc1ccc(S(=O)(=O)n2ccc3c2ncc2nc([C@@H](C)O)n(N4CCC(C(C)(C)C#N)CC4)c23)cc1. The molecule has 9 nitrogen and oxygen atoms in total. The third-order valence-corrected chi connectivity index (χ3v) is 8.99. The lowest BCUT2D eigenvalue weighted by Gasteiger charge is -2.39. The number of imidazole rings is 1. The second kappa shape index (κ2) is 8.61. The van der Waals surface area contributed by atoms with Crippen LogP contribution in [0.15, 0.2) is 47.6 Å². The van der Waals surface area contributed by atoms with E-state index in [1.165, 1.54) is 10.2 Å². The highest BCUT2D eigenvalue weighted by molar-refractivity contribution is 7.90. The number of aliphatic hydroxyl groups is 1. The Balaban J connectivity index is 1.63. The molecule has 0 unspecified atom stereocenters. The zero-order valence-electron chi connectivity index (χ0n) is 20.9. The second-order valence-electron chi connectivity index (χ2n) is 10.2. The van der Waals surface area contributed by atoms with Crippen molar-refractivity contribution in [2.24, 2.45) is 11.3 Å². The number of hydrogen-bond acceptors (Lipinski definition) is 7. The molecule has 1 saturated heterocycles. The maximum Gasteiger partial charge on any atom is 0.269 e. The average molecular weight is 507 g/mol. The molecule has 0 aliphatic carbocycles. The predicted octanol–water partition coefficient (Wildman–Crippen LogP) is 3.88. The number of hydrogen-bond donors (Lipinski definition) is 1. The fourth-order valence-electron chi connectivity index (χ4n) is 5.08. The van der Waals surface area contributed by atoms with E-state index in [0.29, 0.717) is 41.0 Å². The van der Waals surface area contributed by atoms with E-state index in [0.717, 1.165) is 18.4 Å². The Morgan fingerprint density at radius 3 is 2.44 bits per heavy atom. The molecule has 0 radical (unpaired) electrons. The van der Waals surface area contributed by atoms with Gasteiger partial charge in [-0.1, -0.05) is 17.7 Å². The largest absolute Gasteiger partial charge is 0.385 e. The number of rotatable bonds is 5. The Morgan fingerprint density at radius 1 is 1.17 bits per heavy atom. The molecule has 0 saturated carbocycles. The maximum atomic E-state index is 13.4. The molecule has 36 heavy (non-hydrogen) atoms. The third-order valence-electron chi connectivity index (χ3n) is 7.31. The maximum absolute atomic E-state index is 13.4. The number of benzene rings is 1. The van der Waals surface area contributed by atoms with E-state index in [9.17, 15) is 18.8 Å². The van der Waals surface area contributed by atoms with Crippen molar-refractivity contribution in [1.29, 1.82) is 5.26 Å². The van der Waals surface area contributed by atoms with Crippen LogP contribution in [0.3, 0.4) is 0 Å². The molecule has 1 aromatic carbocycles. The summed E-state index contributed by atoms with van der Waals surface area (Å²) in [7, 11) is -3.85. The van der Waals surface area contributed by atoms with Gasteiger partial charge < -0.3 is 10.1 Å². The van der Waals surface area contributed by atoms with Gasteiger partial charge in [-0.15, -0.1) is 0 Å². The lowest BCUT2D eigenvalue weighted by atomic mass is 9.75. The molecule has 0 bridgehead atoms. The van der Waals surface area contributed by atoms with Gasteiger partial charge >= 0.3 is 0 Å². The topological polar surface area (TPSA) is 117 Å². The van der Waals surface area contributed by atoms with Crippen LogP contribution in [0.1, 0.15) is 51.1 Å². The van der Waals surface area contributed by atoms with Crippen LogP contribution >= 0.6 is 0 Å². The number of aromatic nitrogens is 4. The molecule has 1 N–H and O–H groups in total. The first-order chi connectivity index (χ1) is 17.0. The molecule has 1 aliphatic rings. The summed E-state index contributed by atoms with van der Waals surface area (Å²) in [6, 6.07) is 10.9. The first-order valence-electron chi connectivity index (χ1n) is 12.1. The van der Waals surface area contributed by atoms with Crippen LogP contribution in [0.5, 0.6) is 0 Å². The number of aryl methyl sites for hydroxylation is 1. The van der Waals surface area contributed by atoms with Gasteiger partial charge in [-0.25, -0.2) is 27.0 Å². The van der Waals surface area contributed by atoms with Gasteiger partial charge in [0.25, 0.3) is 10.0 Å². The minimum Gasteiger partial charge on any atom is -0.385 e. The van der Waals surface area contributed by atoms with Crippen LogP contribution in [0.25, 0.3) is 22.1 Å². The van der Waals surface area contributed by atoms with Crippen molar-refractivity contribution in [2.75, 3.05) is 18.1 Å². The molecule has 1 fully saturated rings. The molecule has 188 valence electrons. The zero-order valence-corrected chi connectivity index (χ0v) is 21.7. The summed E-state index contributed by atoms with van der Waals surface area (Å²) in [5, 5.41) is 22.9. The molecule has 3 aromatic heterocycles. The summed E-state index contributed by atoms with van der Waals surface area (Å²) < 4.78 is 30.0. The molecular formula is C26H30N6O3S. The van der Waals surface area contributed by atoms with Crippen LogP contribution < -0.4 is 5.01 Å². The normalized spacial score (nSPS) is 16.5. The Hall–Kier alpha value is -3.42. The van der Waals surface area contributed by atoms with Gasteiger partial charge in [-0.3, -0.25) is 0 Å². The van der Waals surface area contributed by atoms with Crippen LogP contribution in [-0.4, -0.2) is 45.2 Å². The summed E-state index contributed by atoms with van der Waals surface area (Å²) in [6.45, 7) is 8.91. The average Bonchev–Trinajstić information content (AvgIpc) is 3.46. The lowest BCUT2D eigenvalue weighted by Crippen LogP contribution is -2.45. The summed E-state index contributed by atoms with van der Waals surface area (Å²) in [5.74, 6) is 0.748. The van der Waals surface area contributed by atoms with Gasteiger partial charge in [0.2, 0.25) is 0 Å². The van der Waals surface area contributed by atoms with Crippen molar-refractivity contribution in [1.82, 2.24) is 18.6 Å². The first-order valence-corrected chi connectivity index (χ1v) is 13.5. The predicted molar refractivity (Wildman–Crippen MR) is 137 cm³/mol. The van der Waals surface area contributed by atoms with Crippen LogP contribution in [0.2, 0.25) is 0 Å². The van der Waals surface area contributed by atoms with Crippen LogP contribution in [-0.2, 0) is 10.0 Å². The molecule has 4 heterocycles. The minimum absolute atomic E-state index is 0.188. The molecule has 1 atom stereocenters. The van der Waals surface area contributed by atoms with E-state index < -0.39 is 21.5 Å². The molecule has 5 rings (SSSR count). The van der Waals surface area contributed by atoms with Gasteiger partial charge in [0.05, 0.1) is 22.6 Å². The number of fused-ring (bicyclic) bond motifs is 3. The molecule has 1 aliphatic heterocycles. The fraction of sp³-hybridized carbons (Fsp3) is 0.423. The highest BCUT2D eigenvalue weighted by Crippen LogP contribution is 2.36. The standard InChI is InChI=1S/C26H30N6O3S/c1-17-5-7-20(8-6-17)36(34,35)31-14-11-21-23-22(15-28-25(21)31)29-24(18(2)33)32(23)30-12-9-19(10-13-30)26(3,4)16-27/h5-8,11,14-15,18-19,33H,9-10,12-13H2,1-4H3/t18-/m1/s1. The number of aliphatic hydroxyl groups excluding tert-OH is 1. The molecule has 4 aromatic rings. The zero-order chi connectivity index (χ0) is 25.8.